The highest BCUT2D eigenvalue weighted by Gasteiger charge is 2.36. The van der Waals surface area contributed by atoms with E-state index in [9.17, 15) is 0 Å². The second kappa shape index (κ2) is 12.9. The highest BCUT2D eigenvalue weighted by Crippen LogP contribution is 2.51. The largest absolute Gasteiger partial charge is 0.455 e. The highest BCUT2D eigenvalue weighted by atomic mass is 16.3. The summed E-state index contributed by atoms with van der Waals surface area (Å²) in [6.07, 6.45) is 0. The second-order valence-electron chi connectivity index (χ2n) is 17.7. The Morgan fingerprint density at radius 3 is 1.88 bits per heavy atom. The van der Waals surface area contributed by atoms with E-state index in [1.165, 1.54) is 55.0 Å². The Balaban J connectivity index is 1.04. The number of nitrogens with zero attached hydrogens (tertiary/aromatic N) is 4. The molecule has 0 bridgehead atoms. The monoisotopic (exact) mass is 818 g/mol. The number of aromatic nitrogens is 4. The summed E-state index contributed by atoms with van der Waals surface area (Å²) in [4.78, 5) is 11.0. The van der Waals surface area contributed by atoms with Crippen LogP contribution in [0, 0.1) is 0 Å². The van der Waals surface area contributed by atoms with Gasteiger partial charge in [-0.15, -0.1) is 0 Å². The Hall–Kier alpha value is -8.28. The zero-order valence-corrected chi connectivity index (χ0v) is 35.2. The van der Waals surface area contributed by atoms with Gasteiger partial charge >= 0.3 is 0 Å². The first-order valence-electron chi connectivity index (χ1n) is 22.0. The quantitative estimate of drug-likeness (QED) is 0.178. The fourth-order valence-corrected chi connectivity index (χ4v) is 10.9. The van der Waals surface area contributed by atoms with E-state index in [4.69, 9.17) is 14.4 Å². The molecule has 0 saturated heterocycles. The molecule has 14 rings (SSSR count). The van der Waals surface area contributed by atoms with Gasteiger partial charge in [0.25, 0.3) is 0 Å². The first-order chi connectivity index (χ1) is 31.5. The minimum atomic E-state index is -0.187. The molecule has 0 aliphatic heterocycles. The zero-order valence-electron chi connectivity index (χ0n) is 35.2. The van der Waals surface area contributed by atoms with Crippen molar-refractivity contribution in [1.82, 2.24) is 19.1 Å². The number of rotatable bonds is 4. The third-order valence-electron chi connectivity index (χ3n) is 13.9. The van der Waals surface area contributed by atoms with E-state index in [1.54, 1.807) is 0 Å². The summed E-state index contributed by atoms with van der Waals surface area (Å²) >= 11 is 0. The van der Waals surface area contributed by atoms with Gasteiger partial charge in [-0.1, -0.05) is 135 Å². The lowest BCUT2D eigenvalue weighted by atomic mass is 9.82. The lowest BCUT2D eigenvalue weighted by molar-refractivity contribution is 0.661. The maximum Gasteiger partial charge on any atom is 0.235 e. The molecule has 0 unspecified atom stereocenters. The van der Waals surface area contributed by atoms with Gasteiger partial charge < -0.3 is 8.98 Å². The molecular formula is C59H38N4O. The van der Waals surface area contributed by atoms with E-state index >= 15 is 0 Å². The standard InChI is InChI=1S/C59H38N4O/c1-59(2)48-23-10-6-17-38(48)44-33-47-46-32-36(35-27-29-52-45(31-35)39-18-8-12-25-51(39)62(52)37-15-4-3-5-16-37)28-30-53(46)63(54(47)34-49(44)59)58-60-50-24-11-7-20-42(50)56(61-58)43-22-14-21-41-40-19-9-13-26-55(40)64-57(41)43/h3-34H,1-2H3. The Morgan fingerprint density at radius 1 is 0.406 bits per heavy atom. The minimum absolute atomic E-state index is 0.187. The predicted molar refractivity (Wildman–Crippen MR) is 264 cm³/mol. The van der Waals surface area contributed by atoms with Gasteiger partial charge in [-0.05, 0) is 106 Å². The molecule has 13 aromatic rings. The predicted octanol–water partition coefficient (Wildman–Crippen LogP) is 15.4. The van der Waals surface area contributed by atoms with Crippen LogP contribution >= 0.6 is 0 Å². The molecule has 9 aromatic carbocycles. The van der Waals surface area contributed by atoms with Crippen molar-refractivity contribution in [2.45, 2.75) is 19.3 Å². The van der Waals surface area contributed by atoms with E-state index < -0.39 is 0 Å². The van der Waals surface area contributed by atoms with Crippen molar-refractivity contribution in [1.29, 1.82) is 0 Å². The van der Waals surface area contributed by atoms with Gasteiger partial charge in [0.15, 0.2) is 0 Å². The lowest BCUT2D eigenvalue weighted by Crippen LogP contribution is -2.15. The average Bonchev–Trinajstić information content (AvgIpc) is 4.05. The summed E-state index contributed by atoms with van der Waals surface area (Å²) in [5.41, 5.74) is 17.4. The van der Waals surface area contributed by atoms with Crippen LogP contribution in [0.2, 0.25) is 0 Å². The topological polar surface area (TPSA) is 48.8 Å². The Kier molecular flexibility index (Phi) is 7.11. The van der Waals surface area contributed by atoms with E-state index in [2.05, 4.69) is 205 Å². The van der Waals surface area contributed by atoms with Crippen LogP contribution in [0.15, 0.2) is 199 Å². The molecule has 0 fully saturated rings. The molecule has 64 heavy (non-hydrogen) atoms. The molecule has 0 spiro atoms. The molecule has 0 amide bonds. The van der Waals surface area contributed by atoms with E-state index in [-0.39, 0.29) is 5.41 Å². The van der Waals surface area contributed by atoms with Crippen molar-refractivity contribution < 1.29 is 4.42 Å². The molecule has 5 heteroatoms. The lowest BCUT2D eigenvalue weighted by Gasteiger charge is -2.21. The molecule has 0 radical (unpaired) electrons. The van der Waals surface area contributed by atoms with Crippen LogP contribution in [-0.4, -0.2) is 19.1 Å². The number of fused-ring (bicyclic) bond motifs is 13. The summed E-state index contributed by atoms with van der Waals surface area (Å²) < 4.78 is 11.3. The van der Waals surface area contributed by atoms with Crippen LogP contribution in [0.5, 0.6) is 0 Å². The fourth-order valence-electron chi connectivity index (χ4n) is 10.9. The number of para-hydroxylation sites is 5. The van der Waals surface area contributed by atoms with E-state index in [0.717, 1.165) is 71.8 Å². The molecule has 1 aliphatic carbocycles. The SMILES string of the molecule is CC1(C)c2ccccc2-c2cc3c4cc(-c5ccc6c(c5)c5ccccc5n6-c5ccccc5)ccc4n(-c4nc(-c5cccc6c5oc5ccccc56)c5ccccc5n4)c3cc21. The van der Waals surface area contributed by atoms with Gasteiger partial charge in [-0.3, -0.25) is 4.57 Å². The van der Waals surface area contributed by atoms with E-state index in [1.807, 2.05) is 12.1 Å². The third-order valence-corrected chi connectivity index (χ3v) is 13.9. The molecule has 4 heterocycles. The first kappa shape index (κ1) is 35.3. The van der Waals surface area contributed by atoms with Crippen molar-refractivity contribution >= 4 is 76.5 Å². The van der Waals surface area contributed by atoms with Crippen LogP contribution in [0.1, 0.15) is 25.0 Å². The van der Waals surface area contributed by atoms with Gasteiger partial charge in [-0.25, -0.2) is 9.97 Å². The number of hydrogen-bond acceptors (Lipinski definition) is 3. The fraction of sp³-hybridized carbons (Fsp3) is 0.0508. The smallest absolute Gasteiger partial charge is 0.235 e. The molecule has 4 aromatic heterocycles. The van der Waals surface area contributed by atoms with E-state index in [0.29, 0.717) is 5.95 Å². The molecule has 0 N–H and O–H groups in total. The number of benzene rings is 9. The third kappa shape index (κ3) is 4.84. The second-order valence-corrected chi connectivity index (χ2v) is 17.7. The maximum atomic E-state index is 6.62. The molecule has 5 nitrogen and oxygen atoms in total. The average molecular weight is 819 g/mol. The number of hydrogen-bond donors (Lipinski definition) is 0. The Morgan fingerprint density at radius 2 is 1.03 bits per heavy atom. The van der Waals surface area contributed by atoms with Crippen LogP contribution in [-0.2, 0) is 5.41 Å². The van der Waals surface area contributed by atoms with Gasteiger partial charge in [0.2, 0.25) is 5.95 Å². The summed E-state index contributed by atoms with van der Waals surface area (Å²) in [6, 6.07) is 69.9. The van der Waals surface area contributed by atoms with Crippen molar-refractivity contribution in [3.8, 4) is 45.1 Å². The van der Waals surface area contributed by atoms with Crippen LogP contribution in [0.25, 0.3) is 122 Å². The summed E-state index contributed by atoms with van der Waals surface area (Å²) in [7, 11) is 0. The molecular weight excluding hydrogens is 781 g/mol. The summed E-state index contributed by atoms with van der Waals surface area (Å²) in [6.45, 7) is 4.69. The van der Waals surface area contributed by atoms with Gasteiger partial charge in [0.05, 0.1) is 33.3 Å². The minimum Gasteiger partial charge on any atom is -0.455 e. The molecule has 300 valence electrons. The van der Waals surface area contributed by atoms with Crippen molar-refractivity contribution in [2.75, 3.05) is 0 Å². The highest BCUT2D eigenvalue weighted by molar-refractivity contribution is 6.15. The maximum absolute atomic E-state index is 6.62. The normalized spacial score (nSPS) is 13.3. The van der Waals surface area contributed by atoms with Gasteiger partial charge in [0, 0.05) is 54.4 Å². The van der Waals surface area contributed by atoms with Crippen LogP contribution in [0.4, 0.5) is 0 Å². The van der Waals surface area contributed by atoms with Crippen molar-refractivity contribution in [2.24, 2.45) is 0 Å². The van der Waals surface area contributed by atoms with Crippen molar-refractivity contribution in [3.05, 3.63) is 205 Å². The Bertz CT molecular complexity index is 4110. The van der Waals surface area contributed by atoms with Gasteiger partial charge in [-0.2, -0.15) is 0 Å². The first-order valence-corrected chi connectivity index (χ1v) is 22.0. The Labute approximate surface area is 368 Å². The summed E-state index contributed by atoms with van der Waals surface area (Å²) in [5.74, 6) is 0.623. The molecule has 0 atom stereocenters. The molecule has 1 aliphatic rings. The van der Waals surface area contributed by atoms with Gasteiger partial charge in [0.1, 0.15) is 11.2 Å². The summed E-state index contributed by atoms with van der Waals surface area (Å²) in [5, 5.41) is 7.93. The van der Waals surface area contributed by atoms with Crippen LogP contribution in [0.3, 0.4) is 0 Å². The van der Waals surface area contributed by atoms with Crippen molar-refractivity contribution in [3.63, 3.8) is 0 Å². The molecule has 0 saturated carbocycles. The van der Waals surface area contributed by atoms with Crippen LogP contribution < -0.4 is 0 Å². The number of furan rings is 1. The zero-order chi connectivity index (χ0) is 42.3.